The Bertz CT molecular complexity index is 334. The van der Waals surface area contributed by atoms with E-state index in [9.17, 15) is 0 Å². The Morgan fingerprint density at radius 3 is 2.69 bits per heavy atom. The summed E-state index contributed by atoms with van der Waals surface area (Å²) in [5, 5.41) is 10.1. The molecule has 0 amide bonds. The fourth-order valence-electron chi connectivity index (χ4n) is 1.43. The number of nitrogens with zero attached hydrogens (tertiary/aromatic N) is 2. The summed E-state index contributed by atoms with van der Waals surface area (Å²) in [7, 11) is 0. The summed E-state index contributed by atoms with van der Waals surface area (Å²) in [6.45, 7) is 3.58. The minimum atomic E-state index is 0.0876. The van der Waals surface area contributed by atoms with Crippen LogP contribution in [0, 0.1) is 0 Å². The summed E-state index contributed by atoms with van der Waals surface area (Å²) in [4.78, 5) is 6.17. The maximum absolute atomic E-state index is 9.00. The van der Waals surface area contributed by atoms with Crippen LogP contribution in [0.5, 0.6) is 0 Å². The van der Waals surface area contributed by atoms with Crippen LogP contribution in [0.3, 0.4) is 0 Å². The third-order valence-corrected chi connectivity index (χ3v) is 2.72. The monoisotopic (exact) mass is 262 g/mol. The summed E-state index contributed by atoms with van der Waals surface area (Å²) >= 11 is 11.9. The number of hydrogen-bond acceptors (Lipinski definition) is 3. The summed E-state index contributed by atoms with van der Waals surface area (Å²) in [6, 6.07) is 1.67. The van der Waals surface area contributed by atoms with Gasteiger partial charge in [0, 0.05) is 19.3 Å². The molecule has 1 heterocycles. The quantitative estimate of drug-likeness (QED) is 0.857. The molecule has 1 N–H and O–H groups in total. The van der Waals surface area contributed by atoms with Crippen molar-refractivity contribution in [1.82, 2.24) is 4.98 Å². The Kier molecular flexibility index (Phi) is 5.88. The van der Waals surface area contributed by atoms with Gasteiger partial charge in [0.1, 0.15) is 5.82 Å². The summed E-state index contributed by atoms with van der Waals surface area (Å²) < 4.78 is 0. The molecule has 90 valence electrons. The minimum Gasteiger partial charge on any atom is -0.395 e. The van der Waals surface area contributed by atoms with Gasteiger partial charge >= 0.3 is 0 Å². The van der Waals surface area contributed by atoms with Gasteiger partial charge in [0.15, 0.2) is 0 Å². The molecule has 0 aliphatic heterocycles. The molecule has 0 fully saturated rings. The van der Waals surface area contributed by atoms with Crippen molar-refractivity contribution in [2.75, 3.05) is 24.6 Å². The van der Waals surface area contributed by atoms with E-state index in [0.29, 0.717) is 22.4 Å². The van der Waals surface area contributed by atoms with Gasteiger partial charge in [-0.25, -0.2) is 4.98 Å². The van der Waals surface area contributed by atoms with Crippen LogP contribution in [-0.2, 0) is 0 Å². The van der Waals surface area contributed by atoms with E-state index in [0.717, 1.165) is 19.4 Å². The zero-order valence-electron chi connectivity index (χ0n) is 9.29. The molecule has 3 nitrogen and oxygen atoms in total. The normalized spacial score (nSPS) is 10.5. The Labute approximate surface area is 106 Å². The van der Waals surface area contributed by atoms with Crippen LogP contribution in [0.25, 0.3) is 0 Å². The topological polar surface area (TPSA) is 36.4 Å². The van der Waals surface area contributed by atoms with Crippen molar-refractivity contribution in [3.63, 3.8) is 0 Å². The van der Waals surface area contributed by atoms with Crippen molar-refractivity contribution in [2.24, 2.45) is 0 Å². The van der Waals surface area contributed by atoms with E-state index in [-0.39, 0.29) is 6.61 Å². The fraction of sp³-hybridized carbons (Fsp3) is 0.545. The molecule has 5 heteroatoms. The fourth-order valence-corrected chi connectivity index (χ4v) is 1.93. The van der Waals surface area contributed by atoms with Gasteiger partial charge in [0.2, 0.25) is 0 Å². The lowest BCUT2D eigenvalue weighted by molar-refractivity contribution is 0.301. The second-order valence-corrected chi connectivity index (χ2v) is 4.37. The molecule has 1 aromatic rings. The Morgan fingerprint density at radius 2 is 2.12 bits per heavy atom. The first-order valence-electron chi connectivity index (χ1n) is 5.36. The lowest BCUT2D eigenvalue weighted by Crippen LogP contribution is -2.28. The first-order chi connectivity index (χ1) is 7.69. The van der Waals surface area contributed by atoms with Crippen LogP contribution >= 0.6 is 23.2 Å². The van der Waals surface area contributed by atoms with E-state index in [1.165, 1.54) is 0 Å². The number of hydrogen-bond donors (Lipinski definition) is 1. The van der Waals surface area contributed by atoms with E-state index in [2.05, 4.69) is 11.9 Å². The molecule has 0 unspecified atom stereocenters. The highest BCUT2D eigenvalue weighted by atomic mass is 35.5. The predicted octanol–water partition coefficient (Wildman–Crippen LogP) is 2.99. The number of anilines is 1. The van der Waals surface area contributed by atoms with Gasteiger partial charge in [-0.2, -0.15) is 0 Å². The van der Waals surface area contributed by atoms with Gasteiger partial charge < -0.3 is 10.0 Å². The van der Waals surface area contributed by atoms with Crippen molar-refractivity contribution in [3.8, 4) is 0 Å². The van der Waals surface area contributed by atoms with Gasteiger partial charge in [-0.3, -0.25) is 0 Å². The molecule has 0 spiro atoms. The van der Waals surface area contributed by atoms with Gasteiger partial charge in [-0.15, -0.1) is 0 Å². The van der Waals surface area contributed by atoms with Crippen LogP contribution in [-0.4, -0.2) is 29.8 Å². The molecule has 0 saturated carbocycles. The molecule has 0 saturated heterocycles. The molecule has 0 atom stereocenters. The second kappa shape index (κ2) is 6.94. The van der Waals surface area contributed by atoms with E-state index < -0.39 is 0 Å². The highest BCUT2D eigenvalue weighted by Crippen LogP contribution is 2.26. The Balaban J connectivity index is 2.82. The number of rotatable bonds is 6. The molecule has 1 rings (SSSR count). The van der Waals surface area contributed by atoms with Crippen molar-refractivity contribution in [2.45, 2.75) is 19.8 Å². The number of pyridine rings is 1. The molecule has 1 aromatic heterocycles. The van der Waals surface area contributed by atoms with Gasteiger partial charge in [-0.1, -0.05) is 36.5 Å². The second-order valence-electron chi connectivity index (χ2n) is 3.52. The standard InChI is InChI=1S/C11H16Cl2N2O/c1-2-3-4-15(5-6-16)11-10(13)7-9(12)8-14-11/h7-8,16H,2-6H2,1H3. The predicted molar refractivity (Wildman–Crippen MR) is 68.5 cm³/mol. The molecule has 0 bridgehead atoms. The minimum absolute atomic E-state index is 0.0876. The Morgan fingerprint density at radius 1 is 1.38 bits per heavy atom. The highest BCUT2D eigenvalue weighted by molar-refractivity contribution is 6.36. The largest absolute Gasteiger partial charge is 0.395 e. The maximum Gasteiger partial charge on any atom is 0.147 e. The zero-order chi connectivity index (χ0) is 12.0. The van der Waals surface area contributed by atoms with Crippen LogP contribution in [0.15, 0.2) is 12.3 Å². The first kappa shape index (κ1) is 13.6. The average molecular weight is 263 g/mol. The average Bonchev–Trinajstić information content (AvgIpc) is 2.25. The zero-order valence-corrected chi connectivity index (χ0v) is 10.8. The number of unbranched alkanes of at least 4 members (excludes halogenated alkanes) is 1. The van der Waals surface area contributed by atoms with Crippen LogP contribution in [0.1, 0.15) is 19.8 Å². The van der Waals surface area contributed by atoms with E-state index in [1.807, 2.05) is 4.90 Å². The van der Waals surface area contributed by atoms with Crippen molar-refractivity contribution >= 4 is 29.0 Å². The maximum atomic E-state index is 9.00. The van der Waals surface area contributed by atoms with Gasteiger partial charge in [-0.05, 0) is 12.5 Å². The lowest BCUT2D eigenvalue weighted by atomic mass is 10.3. The molecule has 0 radical (unpaired) electrons. The lowest BCUT2D eigenvalue weighted by Gasteiger charge is -2.23. The summed E-state index contributed by atoms with van der Waals surface area (Å²) in [6.07, 6.45) is 3.70. The molecular formula is C11H16Cl2N2O. The highest BCUT2D eigenvalue weighted by Gasteiger charge is 2.11. The molecule has 0 aliphatic carbocycles. The van der Waals surface area contributed by atoms with Crippen molar-refractivity contribution in [1.29, 1.82) is 0 Å². The van der Waals surface area contributed by atoms with Crippen molar-refractivity contribution < 1.29 is 5.11 Å². The SMILES string of the molecule is CCCCN(CCO)c1ncc(Cl)cc1Cl. The first-order valence-corrected chi connectivity index (χ1v) is 6.11. The van der Waals surface area contributed by atoms with Crippen LogP contribution < -0.4 is 4.90 Å². The molecule has 0 aromatic carbocycles. The number of halogens is 2. The van der Waals surface area contributed by atoms with E-state index in [4.69, 9.17) is 28.3 Å². The van der Waals surface area contributed by atoms with Gasteiger partial charge in [0.25, 0.3) is 0 Å². The summed E-state index contributed by atoms with van der Waals surface area (Å²) in [5.74, 6) is 0.688. The summed E-state index contributed by atoms with van der Waals surface area (Å²) in [5.41, 5.74) is 0. The molecule has 16 heavy (non-hydrogen) atoms. The smallest absolute Gasteiger partial charge is 0.147 e. The van der Waals surface area contributed by atoms with Crippen LogP contribution in [0.4, 0.5) is 5.82 Å². The third-order valence-electron chi connectivity index (χ3n) is 2.24. The van der Waals surface area contributed by atoms with E-state index in [1.54, 1.807) is 12.3 Å². The molecule has 0 aliphatic rings. The van der Waals surface area contributed by atoms with Gasteiger partial charge in [0.05, 0.1) is 16.7 Å². The van der Waals surface area contributed by atoms with Crippen molar-refractivity contribution in [3.05, 3.63) is 22.3 Å². The third kappa shape index (κ3) is 3.81. The molecular weight excluding hydrogens is 247 g/mol. The van der Waals surface area contributed by atoms with Crippen LogP contribution in [0.2, 0.25) is 10.0 Å². The number of aliphatic hydroxyl groups is 1. The number of aliphatic hydroxyl groups excluding tert-OH is 1. The van der Waals surface area contributed by atoms with E-state index >= 15 is 0 Å². The Hall–Kier alpha value is -0.510. The number of aromatic nitrogens is 1.